The van der Waals surface area contributed by atoms with Crippen LogP contribution in [0, 0.1) is 21.4 Å². The summed E-state index contributed by atoms with van der Waals surface area (Å²) < 4.78 is 0. The first kappa shape index (κ1) is 10.3. The molecule has 2 aromatic rings. The van der Waals surface area contributed by atoms with Crippen molar-refractivity contribution < 1.29 is 4.92 Å². The second-order valence-electron chi connectivity index (χ2n) is 3.08. The third-order valence-corrected chi connectivity index (χ3v) is 3.12. The molecule has 0 aliphatic carbocycles. The topological polar surface area (TPSA) is 66.9 Å². The Kier molecular flexibility index (Phi) is 2.66. The number of hydrogen-bond acceptors (Lipinski definition) is 4. The Balaban J connectivity index is 2.35. The molecule has 0 amide bonds. The molecule has 1 aromatic carbocycles. The fourth-order valence-electron chi connectivity index (χ4n) is 1.30. The van der Waals surface area contributed by atoms with Gasteiger partial charge in [-0.3, -0.25) is 10.1 Å². The van der Waals surface area contributed by atoms with Gasteiger partial charge in [0.2, 0.25) is 0 Å². The van der Waals surface area contributed by atoms with E-state index in [1.165, 1.54) is 23.5 Å². The van der Waals surface area contributed by atoms with Gasteiger partial charge in [-0.05, 0) is 29.8 Å². The van der Waals surface area contributed by atoms with E-state index in [1.54, 1.807) is 18.2 Å². The molecule has 0 fully saturated rings. The van der Waals surface area contributed by atoms with Crippen molar-refractivity contribution in [2.75, 3.05) is 0 Å². The Bertz CT molecular complexity index is 566. The average Bonchev–Trinajstić information content (AvgIpc) is 2.77. The van der Waals surface area contributed by atoms with E-state index in [0.717, 1.165) is 10.4 Å². The van der Waals surface area contributed by atoms with Crippen LogP contribution in [0.15, 0.2) is 36.4 Å². The van der Waals surface area contributed by atoms with Gasteiger partial charge in [0.25, 0.3) is 5.69 Å². The first-order chi connectivity index (χ1) is 7.70. The Morgan fingerprint density at radius 3 is 2.38 bits per heavy atom. The molecule has 0 unspecified atom stereocenters. The SMILES string of the molecule is N#Cc1ccc(-c2ccc([N+](=O)[O-])cc2)s1. The van der Waals surface area contributed by atoms with Gasteiger partial charge < -0.3 is 0 Å². The van der Waals surface area contributed by atoms with E-state index in [-0.39, 0.29) is 5.69 Å². The molecule has 78 valence electrons. The lowest BCUT2D eigenvalue weighted by Crippen LogP contribution is -1.86. The normalized spacial score (nSPS) is 9.69. The lowest BCUT2D eigenvalue weighted by Gasteiger charge is -1.95. The molecule has 0 spiro atoms. The minimum absolute atomic E-state index is 0.0702. The molecule has 0 N–H and O–H groups in total. The summed E-state index contributed by atoms with van der Waals surface area (Å²) in [5.41, 5.74) is 0.956. The largest absolute Gasteiger partial charge is 0.269 e. The molecule has 0 aliphatic heterocycles. The Hall–Kier alpha value is -2.19. The summed E-state index contributed by atoms with van der Waals surface area (Å²) in [6.45, 7) is 0. The van der Waals surface area contributed by atoms with Gasteiger partial charge in [-0.1, -0.05) is 0 Å². The number of non-ortho nitro benzene ring substituents is 1. The molecular formula is C11H6N2O2S. The van der Waals surface area contributed by atoms with Gasteiger partial charge in [0.1, 0.15) is 10.9 Å². The zero-order valence-electron chi connectivity index (χ0n) is 8.08. The molecule has 4 nitrogen and oxygen atoms in total. The zero-order chi connectivity index (χ0) is 11.5. The van der Waals surface area contributed by atoms with Gasteiger partial charge >= 0.3 is 0 Å². The van der Waals surface area contributed by atoms with Crippen LogP contribution < -0.4 is 0 Å². The number of nitro benzene ring substituents is 1. The molecule has 0 saturated carbocycles. The van der Waals surface area contributed by atoms with E-state index < -0.39 is 4.92 Å². The van der Waals surface area contributed by atoms with E-state index in [9.17, 15) is 10.1 Å². The van der Waals surface area contributed by atoms with Crippen LogP contribution in [0.4, 0.5) is 5.69 Å². The molecule has 1 heterocycles. The lowest BCUT2D eigenvalue weighted by molar-refractivity contribution is -0.384. The number of nitriles is 1. The fourth-order valence-corrected chi connectivity index (χ4v) is 2.11. The highest BCUT2D eigenvalue weighted by atomic mass is 32.1. The molecule has 0 aliphatic rings. The monoisotopic (exact) mass is 230 g/mol. The first-order valence-electron chi connectivity index (χ1n) is 4.45. The standard InChI is InChI=1S/C11H6N2O2S/c12-7-10-5-6-11(16-10)8-1-3-9(4-2-8)13(14)15/h1-6H. The van der Waals surface area contributed by atoms with E-state index in [1.807, 2.05) is 6.07 Å². The van der Waals surface area contributed by atoms with Gasteiger partial charge in [-0.2, -0.15) is 5.26 Å². The van der Waals surface area contributed by atoms with Crippen molar-refractivity contribution in [3.8, 4) is 16.5 Å². The van der Waals surface area contributed by atoms with Gasteiger partial charge in [0.15, 0.2) is 0 Å². The molecule has 16 heavy (non-hydrogen) atoms. The van der Waals surface area contributed by atoms with Crippen LogP contribution in [0.1, 0.15) is 4.88 Å². The van der Waals surface area contributed by atoms with Gasteiger partial charge in [-0.25, -0.2) is 0 Å². The average molecular weight is 230 g/mol. The van der Waals surface area contributed by atoms with Crippen molar-refractivity contribution in [3.63, 3.8) is 0 Å². The maximum absolute atomic E-state index is 10.5. The van der Waals surface area contributed by atoms with Crippen LogP contribution in [-0.4, -0.2) is 4.92 Å². The fraction of sp³-hybridized carbons (Fsp3) is 0. The predicted molar refractivity (Wildman–Crippen MR) is 61.1 cm³/mol. The summed E-state index contributed by atoms with van der Waals surface area (Å²) in [5, 5.41) is 19.2. The van der Waals surface area contributed by atoms with Gasteiger partial charge in [-0.15, -0.1) is 11.3 Å². The lowest BCUT2D eigenvalue weighted by atomic mass is 10.2. The van der Waals surface area contributed by atoms with E-state index >= 15 is 0 Å². The summed E-state index contributed by atoms with van der Waals surface area (Å²) in [6.07, 6.45) is 0. The van der Waals surface area contributed by atoms with Crippen LogP contribution in [0.3, 0.4) is 0 Å². The smallest absolute Gasteiger partial charge is 0.258 e. The van der Waals surface area contributed by atoms with Gasteiger partial charge in [0, 0.05) is 17.0 Å². The maximum Gasteiger partial charge on any atom is 0.269 e. The van der Waals surface area contributed by atoms with Crippen molar-refractivity contribution in [1.82, 2.24) is 0 Å². The summed E-state index contributed by atoms with van der Waals surface area (Å²) in [7, 11) is 0. The molecule has 5 heteroatoms. The Labute approximate surface area is 95.5 Å². The molecular weight excluding hydrogens is 224 g/mol. The minimum Gasteiger partial charge on any atom is -0.258 e. The zero-order valence-corrected chi connectivity index (χ0v) is 8.90. The van der Waals surface area contributed by atoms with Crippen LogP contribution in [0.2, 0.25) is 0 Å². The number of nitrogens with zero attached hydrogens (tertiary/aromatic N) is 2. The second kappa shape index (κ2) is 4.13. The second-order valence-corrected chi connectivity index (χ2v) is 4.16. The minimum atomic E-state index is -0.432. The molecule has 0 saturated heterocycles. The number of nitro groups is 1. The van der Waals surface area contributed by atoms with Crippen molar-refractivity contribution in [2.45, 2.75) is 0 Å². The number of hydrogen-bond donors (Lipinski definition) is 0. The molecule has 0 bridgehead atoms. The molecule has 2 rings (SSSR count). The summed E-state index contributed by atoms with van der Waals surface area (Å²) in [4.78, 5) is 11.6. The van der Waals surface area contributed by atoms with E-state index in [4.69, 9.17) is 5.26 Å². The Morgan fingerprint density at radius 1 is 1.19 bits per heavy atom. The van der Waals surface area contributed by atoms with E-state index in [0.29, 0.717) is 4.88 Å². The Morgan fingerprint density at radius 2 is 1.88 bits per heavy atom. The van der Waals surface area contributed by atoms with Crippen LogP contribution >= 0.6 is 11.3 Å². The number of rotatable bonds is 2. The molecule has 1 aromatic heterocycles. The maximum atomic E-state index is 10.5. The quantitative estimate of drug-likeness (QED) is 0.587. The highest BCUT2D eigenvalue weighted by Crippen LogP contribution is 2.28. The molecule has 0 radical (unpaired) electrons. The highest BCUT2D eigenvalue weighted by Gasteiger charge is 2.06. The van der Waals surface area contributed by atoms with E-state index in [2.05, 4.69) is 6.07 Å². The number of benzene rings is 1. The van der Waals surface area contributed by atoms with Crippen LogP contribution in [0.25, 0.3) is 10.4 Å². The first-order valence-corrected chi connectivity index (χ1v) is 5.27. The van der Waals surface area contributed by atoms with Crippen LogP contribution in [-0.2, 0) is 0 Å². The molecule has 0 atom stereocenters. The van der Waals surface area contributed by atoms with Crippen LogP contribution in [0.5, 0.6) is 0 Å². The summed E-state index contributed by atoms with van der Waals surface area (Å²) in [5.74, 6) is 0. The van der Waals surface area contributed by atoms with Crippen molar-refractivity contribution in [2.24, 2.45) is 0 Å². The third-order valence-electron chi connectivity index (χ3n) is 2.08. The summed E-state index contributed by atoms with van der Waals surface area (Å²) in [6, 6.07) is 11.9. The third kappa shape index (κ3) is 1.92. The van der Waals surface area contributed by atoms with Crippen molar-refractivity contribution >= 4 is 17.0 Å². The van der Waals surface area contributed by atoms with Gasteiger partial charge in [0.05, 0.1) is 4.92 Å². The number of thiophene rings is 1. The highest BCUT2D eigenvalue weighted by molar-refractivity contribution is 7.16. The summed E-state index contributed by atoms with van der Waals surface area (Å²) >= 11 is 1.37. The van der Waals surface area contributed by atoms with Crippen molar-refractivity contribution in [1.29, 1.82) is 5.26 Å². The predicted octanol–water partition coefficient (Wildman–Crippen LogP) is 3.19. The van der Waals surface area contributed by atoms with Crippen molar-refractivity contribution in [3.05, 3.63) is 51.4 Å².